The Morgan fingerprint density at radius 3 is 2.75 bits per heavy atom. The van der Waals surface area contributed by atoms with Crippen LogP contribution in [0.3, 0.4) is 0 Å². The van der Waals surface area contributed by atoms with Gasteiger partial charge in [0.2, 0.25) is 0 Å². The van der Waals surface area contributed by atoms with Gasteiger partial charge in [0.1, 0.15) is 6.61 Å². The first kappa shape index (κ1) is 16.0. The van der Waals surface area contributed by atoms with Crippen molar-refractivity contribution in [2.24, 2.45) is 0 Å². The standard InChI is InChI=1S/C13H21F4NO2/c14-12(15)13(16,17)9-19-7-5-18-6-8-20-11-4-2-1-3-10(11)18/h10-12H,1-9H2/t10-,11+/m1/s1. The van der Waals surface area contributed by atoms with Crippen molar-refractivity contribution in [3.05, 3.63) is 0 Å². The zero-order valence-corrected chi connectivity index (χ0v) is 11.4. The fourth-order valence-electron chi connectivity index (χ4n) is 2.91. The Morgan fingerprint density at radius 1 is 1.25 bits per heavy atom. The van der Waals surface area contributed by atoms with Gasteiger partial charge in [0.25, 0.3) is 0 Å². The van der Waals surface area contributed by atoms with Crippen LogP contribution in [0, 0.1) is 0 Å². The minimum atomic E-state index is -4.06. The first-order valence-corrected chi connectivity index (χ1v) is 7.10. The van der Waals surface area contributed by atoms with Gasteiger partial charge in [-0.1, -0.05) is 12.8 Å². The Kier molecular flexibility index (Phi) is 5.63. The fourth-order valence-corrected chi connectivity index (χ4v) is 2.91. The van der Waals surface area contributed by atoms with Crippen LogP contribution >= 0.6 is 0 Å². The monoisotopic (exact) mass is 299 g/mol. The Morgan fingerprint density at radius 2 is 2.00 bits per heavy atom. The number of nitrogens with zero attached hydrogens (tertiary/aromatic N) is 1. The van der Waals surface area contributed by atoms with Gasteiger partial charge < -0.3 is 9.47 Å². The predicted molar refractivity (Wildman–Crippen MR) is 65.3 cm³/mol. The van der Waals surface area contributed by atoms with Crippen LogP contribution in [-0.4, -0.2) is 62.3 Å². The molecule has 3 nitrogen and oxygen atoms in total. The molecule has 1 aliphatic carbocycles. The molecular weight excluding hydrogens is 278 g/mol. The molecule has 0 radical (unpaired) electrons. The van der Waals surface area contributed by atoms with E-state index in [2.05, 4.69) is 4.90 Å². The van der Waals surface area contributed by atoms with Gasteiger partial charge >= 0.3 is 12.3 Å². The molecule has 0 spiro atoms. The molecule has 20 heavy (non-hydrogen) atoms. The number of rotatable bonds is 6. The molecule has 0 amide bonds. The van der Waals surface area contributed by atoms with E-state index in [0.717, 1.165) is 32.2 Å². The SMILES string of the molecule is FC(F)C(F)(F)COCCN1CCO[C@H]2CCCC[C@H]21. The lowest BCUT2D eigenvalue weighted by molar-refractivity contribution is -0.168. The molecule has 118 valence electrons. The summed E-state index contributed by atoms with van der Waals surface area (Å²) in [4.78, 5) is 2.17. The lowest BCUT2D eigenvalue weighted by Crippen LogP contribution is -2.53. The molecule has 1 saturated heterocycles. The minimum Gasteiger partial charge on any atom is -0.375 e. The first-order valence-electron chi connectivity index (χ1n) is 7.10. The maximum Gasteiger partial charge on any atom is 0.330 e. The summed E-state index contributed by atoms with van der Waals surface area (Å²) in [5.41, 5.74) is 0. The fraction of sp³-hybridized carbons (Fsp3) is 1.00. The molecule has 2 rings (SSSR count). The quantitative estimate of drug-likeness (QED) is 0.556. The summed E-state index contributed by atoms with van der Waals surface area (Å²) >= 11 is 0. The van der Waals surface area contributed by atoms with Crippen molar-refractivity contribution in [1.29, 1.82) is 0 Å². The molecule has 2 aliphatic rings. The highest BCUT2D eigenvalue weighted by Crippen LogP contribution is 2.28. The maximum atomic E-state index is 12.7. The lowest BCUT2D eigenvalue weighted by atomic mass is 9.90. The van der Waals surface area contributed by atoms with Crippen LogP contribution in [0.1, 0.15) is 25.7 Å². The lowest BCUT2D eigenvalue weighted by Gasteiger charge is -2.43. The van der Waals surface area contributed by atoms with Crippen LogP contribution < -0.4 is 0 Å². The maximum absolute atomic E-state index is 12.7. The number of hydrogen-bond donors (Lipinski definition) is 0. The second-order valence-electron chi connectivity index (χ2n) is 5.41. The van der Waals surface area contributed by atoms with E-state index < -0.39 is 19.0 Å². The first-order chi connectivity index (χ1) is 9.50. The Bertz CT molecular complexity index is 302. The Labute approximate surface area is 116 Å². The van der Waals surface area contributed by atoms with Crippen molar-refractivity contribution < 1.29 is 27.0 Å². The van der Waals surface area contributed by atoms with Crippen LogP contribution in [0.25, 0.3) is 0 Å². The average Bonchev–Trinajstić information content (AvgIpc) is 2.43. The van der Waals surface area contributed by atoms with Gasteiger partial charge in [-0.25, -0.2) is 8.78 Å². The number of alkyl halides is 4. The van der Waals surface area contributed by atoms with Crippen molar-refractivity contribution in [3.8, 4) is 0 Å². The van der Waals surface area contributed by atoms with Gasteiger partial charge in [0.15, 0.2) is 0 Å². The number of hydrogen-bond acceptors (Lipinski definition) is 3. The predicted octanol–water partition coefficient (Wildman–Crippen LogP) is 2.55. The van der Waals surface area contributed by atoms with E-state index in [1.54, 1.807) is 0 Å². The van der Waals surface area contributed by atoms with E-state index in [1.165, 1.54) is 0 Å². The Balaban J connectivity index is 1.70. The van der Waals surface area contributed by atoms with E-state index in [0.29, 0.717) is 19.2 Å². The summed E-state index contributed by atoms with van der Waals surface area (Å²) in [5.74, 6) is -4.06. The van der Waals surface area contributed by atoms with Gasteiger partial charge in [-0.05, 0) is 12.8 Å². The van der Waals surface area contributed by atoms with Crippen LogP contribution in [-0.2, 0) is 9.47 Å². The second-order valence-corrected chi connectivity index (χ2v) is 5.41. The number of ether oxygens (including phenoxy) is 2. The summed E-state index contributed by atoms with van der Waals surface area (Å²) < 4.78 is 59.7. The Hall–Kier alpha value is -0.400. The third kappa shape index (κ3) is 4.05. The smallest absolute Gasteiger partial charge is 0.330 e. The molecule has 1 heterocycles. The normalized spacial score (nSPS) is 28.6. The highest BCUT2D eigenvalue weighted by molar-refractivity contribution is 4.87. The molecule has 0 bridgehead atoms. The van der Waals surface area contributed by atoms with Gasteiger partial charge in [0.05, 0.1) is 19.3 Å². The summed E-state index contributed by atoms with van der Waals surface area (Å²) in [6.45, 7) is 0.697. The molecule has 0 unspecified atom stereocenters. The zero-order chi connectivity index (χ0) is 14.6. The molecule has 2 fully saturated rings. The van der Waals surface area contributed by atoms with Crippen molar-refractivity contribution in [1.82, 2.24) is 4.90 Å². The molecule has 0 aromatic carbocycles. The van der Waals surface area contributed by atoms with E-state index in [9.17, 15) is 17.6 Å². The van der Waals surface area contributed by atoms with Crippen LogP contribution in [0.2, 0.25) is 0 Å². The van der Waals surface area contributed by atoms with Gasteiger partial charge in [-0.2, -0.15) is 8.78 Å². The zero-order valence-electron chi connectivity index (χ0n) is 11.4. The summed E-state index contributed by atoms with van der Waals surface area (Å²) in [7, 11) is 0. The van der Waals surface area contributed by atoms with Gasteiger partial charge in [-0.3, -0.25) is 4.90 Å². The molecule has 0 N–H and O–H groups in total. The topological polar surface area (TPSA) is 21.7 Å². The van der Waals surface area contributed by atoms with E-state index in [1.807, 2.05) is 0 Å². The van der Waals surface area contributed by atoms with Gasteiger partial charge in [0, 0.05) is 19.1 Å². The highest BCUT2D eigenvalue weighted by atomic mass is 19.3. The van der Waals surface area contributed by atoms with Crippen molar-refractivity contribution in [2.45, 2.75) is 50.2 Å². The molecule has 1 aliphatic heterocycles. The molecule has 0 aromatic rings. The molecule has 2 atom stereocenters. The second kappa shape index (κ2) is 7.04. The average molecular weight is 299 g/mol. The van der Waals surface area contributed by atoms with Crippen LogP contribution in [0.5, 0.6) is 0 Å². The molecule has 7 heteroatoms. The number of fused-ring (bicyclic) bond motifs is 1. The van der Waals surface area contributed by atoms with Gasteiger partial charge in [-0.15, -0.1) is 0 Å². The number of morpholine rings is 1. The molecule has 1 saturated carbocycles. The summed E-state index contributed by atoms with van der Waals surface area (Å²) in [6.07, 6.45) is 0.925. The third-order valence-corrected chi connectivity index (χ3v) is 3.98. The largest absolute Gasteiger partial charge is 0.375 e. The molecule has 0 aromatic heterocycles. The summed E-state index contributed by atoms with van der Waals surface area (Å²) in [5, 5.41) is 0. The van der Waals surface area contributed by atoms with Crippen LogP contribution in [0.15, 0.2) is 0 Å². The van der Waals surface area contributed by atoms with E-state index in [-0.39, 0.29) is 12.7 Å². The third-order valence-electron chi connectivity index (χ3n) is 3.98. The van der Waals surface area contributed by atoms with Crippen molar-refractivity contribution in [2.75, 3.05) is 32.9 Å². The van der Waals surface area contributed by atoms with Crippen molar-refractivity contribution in [3.63, 3.8) is 0 Å². The highest BCUT2D eigenvalue weighted by Gasteiger charge is 2.41. The van der Waals surface area contributed by atoms with Crippen LogP contribution in [0.4, 0.5) is 17.6 Å². The molecular formula is C13H21F4NO2. The number of halogens is 4. The minimum absolute atomic E-state index is 0.0472. The van der Waals surface area contributed by atoms with E-state index >= 15 is 0 Å². The van der Waals surface area contributed by atoms with Crippen molar-refractivity contribution >= 4 is 0 Å². The van der Waals surface area contributed by atoms with E-state index in [4.69, 9.17) is 9.47 Å². The summed E-state index contributed by atoms with van der Waals surface area (Å²) in [6, 6.07) is 0.316.